The van der Waals surface area contributed by atoms with Gasteiger partial charge in [0.1, 0.15) is 0 Å². The third-order valence-electron chi connectivity index (χ3n) is 4.53. The second-order valence-corrected chi connectivity index (χ2v) is 6.49. The molecule has 1 heterocycles. The highest BCUT2D eigenvalue weighted by Crippen LogP contribution is 2.10. The van der Waals surface area contributed by atoms with E-state index in [1.165, 1.54) is 42.9 Å². The number of benzene rings is 2. The van der Waals surface area contributed by atoms with Crippen LogP contribution in [0, 0.1) is 0 Å². The zero-order valence-corrected chi connectivity index (χ0v) is 14.0. The number of piperazine rings is 1. The largest absolute Gasteiger partial charge is 0.309 e. The van der Waals surface area contributed by atoms with Crippen molar-refractivity contribution in [2.75, 3.05) is 33.2 Å². The van der Waals surface area contributed by atoms with Crippen LogP contribution in [0.3, 0.4) is 0 Å². The summed E-state index contributed by atoms with van der Waals surface area (Å²) in [7, 11) is 2.20. The van der Waals surface area contributed by atoms with E-state index in [-0.39, 0.29) is 0 Å². The summed E-state index contributed by atoms with van der Waals surface area (Å²) in [4.78, 5) is 4.95. The molecule has 3 rings (SSSR count). The van der Waals surface area contributed by atoms with Gasteiger partial charge in [-0.25, -0.2) is 0 Å². The van der Waals surface area contributed by atoms with E-state index in [2.05, 4.69) is 76.8 Å². The van der Waals surface area contributed by atoms with Gasteiger partial charge in [-0.3, -0.25) is 4.90 Å². The fourth-order valence-corrected chi connectivity index (χ4v) is 2.97. The van der Waals surface area contributed by atoms with Crippen molar-refractivity contribution in [1.82, 2.24) is 15.1 Å². The highest BCUT2D eigenvalue weighted by Gasteiger charge is 2.13. The third-order valence-corrected chi connectivity index (χ3v) is 4.53. The molecule has 0 radical (unpaired) electrons. The van der Waals surface area contributed by atoms with Gasteiger partial charge in [0.25, 0.3) is 0 Å². The highest BCUT2D eigenvalue weighted by molar-refractivity contribution is 5.23. The summed E-state index contributed by atoms with van der Waals surface area (Å²) >= 11 is 0. The van der Waals surface area contributed by atoms with Gasteiger partial charge in [-0.2, -0.15) is 0 Å². The molecule has 0 bridgehead atoms. The first kappa shape index (κ1) is 16.2. The van der Waals surface area contributed by atoms with Crippen molar-refractivity contribution in [2.24, 2.45) is 0 Å². The second-order valence-electron chi connectivity index (χ2n) is 6.49. The van der Waals surface area contributed by atoms with Gasteiger partial charge in [0.15, 0.2) is 0 Å². The van der Waals surface area contributed by atoms with E-state index in [0.29, 0.717) is 0 Å². The first-order chi connectivity index (χ1) is 11.3. The van der Waals surface area contributed by atoms with Crippen molar-refractivity contribution in [3.63, 3.8) is 0 Å². The van der Waals surface area contributed by atoms with Gasteiger partial charge < -0.3 is 10.2 Å². The Bertz CT molecular complexity index is 572. The van der Waals surface area contributed by atoms with Crippen molar-refractivity contribution < 1.29 is 0 Å². The zero-order valence-electron chi connectivity index (χ0n) is 14.0. The van der Waals surface area contributed by atoms with Crippen molar-refractivity contribution in [2.45, 2.75) is 19.6 Å². The average molecular weight is 309 g/mol. The molecule has 3 heteroatoms. The smallest absolute Gasteiger partial charge is 0.0234 e. The zero-order chi connectivity index (χ0) is 15.9. The molecule has 0 aromatic heterocycles. The lowest BCUT2D eigenvalue weighted by Gasteiger charge is -2.32. The monoisotopic (exact) mass is 309 g/mol. The average Bonchev–Trinajstić information content (AvgIpc) is 2.59. The van der Waals surface area contributed by atoms with Gasteiger partial charge in [0.2, 0.25) is 0 Å². The topological polar surface area (TPSA) is 18.5 Å². The molecule has 0 aliphatic carbocycles. The van der Waals surface area contributed by atoms with E-state index < -0.39 is 0 Å². The van der Waals surface area contributed by atoms with Crippen molar-refractivity contribution >= 4 is 0 Å². The van der Waals surface area contributed by atoms with E-state index in [0.717, 1.165) is 19.6 Å². The Morgan fingerprint density at radius 3 is 1.96 bits per heavy atom. The molecular weight excluding hydrogens is 282 g/mol. The summed E-state index contributed by atoms with van der Waals surface area (Å²) < 4.78 is 0. The molecule has 0 spiro atoms. The van der Waals surface area contributed by atoms with Gasteiger partial charge in [0.05, 0.1) is 0 Å². The quantitative estimate of drug-likeness (QED) is 0.885. The Kier molecular flexibility index (Phi) is 5.81. The normalized spacial score (nSPS) is 16.6. The van der Waals surface area contributed by atoms with Crippen LogP contribution >= 0.6 is 0 Å². The lowest BCUT2D eigenvalue weighted by Crippen LogP contribution is -2.43. The fraction of sp³-hybridized carbons (Fsp3) is 0.400. The van der Waals surface area contributed by atoms with Gasteiger partial charge in [-0.15, -0.1) is 0 Å². The number of likely N-dealkylation sites (N-methyl/N-ethyl adjacent to an activating group) is 1. The summed E-state index contributed by atoms with van der Waals surface area (Å²) in [5, 5.41) is 3.51. The standard InChI is InChI=1S/C20H27N3/c1-22-11-13-23(14-12-22)17-20-9-7-19(8-10-20)16-21-15-18-5-3-2-4-6-18/h2-10,21H,11-17H2,1H3. The maximum Gasteiger partial charge on any atom is 0.0234 e. The first-order valence-electron chi connectivity index (χ1n) is 8.53. The van der Waals surface area contributed by atoms with Gasteiger partial charge in [0, 0.05) is 45.8 Å². The minimum Gasteiger partial charge on any atom is -0.309 e. The van der Waals surface area contributed by atoms with E-state index in [1.807, 2.05) is 0 Å². The number of nitrogens with zero attached hydrogens (tertiary/aromatic N) is 2. The Hall–Kier alpha value is -1.68. The third kappa shape index (κ3) is 5.17. The molecule has 2 aromatic carbocycles. The predicted octanol–water partition coefficient (Wildman–Crippen LogP) is 2.72. The van der Waals surface area contributed by atoms with E-state index >= 15 is 0 Å². The van der Waals surface area contributed by atoms with Crippen LogP contribution in [0.1, 0.15) is 16.7 Å². The summed E-state index contributed by atoms with van der Waals surface area (Å²) in [6.45, 7) is 7.63. The molecule has 0 amide bonds. The lowest BCUT2D eigenvalue weighted by molar-refractivity contribution is 0.148. The van der Waals surface area contributed by atoms with Gasteiger partial charge in [-0.05, 0) is 23.7 Å². The van der Waals surface area contributed by atoms with Crippen LogP contribution in [0.2, 0.25) is 0 Å². The molecular formula is C20H27N3. The summed E-state index contributed by atoms with van der Waals surface area (Å²) in [5.74, 6) is 0. The second kappa shape index (κ2) is 8.25. The maximum atomic E-state index is 3.51. The summed E-state index contributed by atoms with van der Waals surface area (Å²) in [6, 6.07) is 19.6. The molecule has 0 saturated carbocycles. The minimum absolute atomic E-state index is 0.920. The van der Waals surface area contributed by atoms with Crippen molar-refractivity contribution in [3.05, 3.63) is 71.3 Å². The van der Waals surface area contributed by atoms with Crippen LogP contribution in [0.25, 0.3) is 0 Å². The molecule has 122 valence electrons. The Balaban J connectivity index is 1.43. The molecule has 1 fully saturated rings. The van der Waals surface area contributed by atoms with Crippen LogP contribution in [-0.4, -0.2) is 43.0 Å². The molecule has 1 N–H and O–H groups in total. The maximum absolute atomic E-state index is 3.51. The number of rotatable bonds is 6. The van der Waals surface area contributed by atoms with Crippen LogP contribution in [0.4, 0.5) is 0 Å². The summed E-state index contributed by atoms with van der Waals surface area (Å²) in [5.41, 5.74) is 4.10. The number of hydrogen-bond donors (Lipinski definition) is 1. The molecule has 2 aromatic rings. The fourth-order valence-electron chi connectivity index (χ4n) is 2.97. The van der Waals surface area contributed by atoms with E-state index in [1.54, 1.807) is 0 Å². The predicted molar refractivity (Wildman–Crippen MR) is 96.2 cm³/mol. The Morgan fingerprint density at radius 2 is 1.30 bits per heavy atom. The van der Waals surface area contributed by atoms with Gasteiger partial charge >= 0.3 is 0 Å². The van der Waals surface area contributed by atoms with E-state index in [9.17, 15) is 0 Å². The van der Waals surface area contributed by atoms with Crippen molar-refractivity contribution in [1.29, 1.82) is 0 Å². The van der Waals surface area contributed by atoms with Crippen LogP contribution in [-0.2, 0) is 19.6 Å². The lowest BCUT2D eigenvalue weighted by atomic mass is 10.1. The summed E-state index contributed by atoms with van der Waals surface area (Å²) in [6.07, 6.45) is 0. The Labute approximate surface area is 139 Å². The number of hydrogen-bond acceptors (Lipinski definition) is 3. The number of nitrogens with one attached hydrogen (secondary N) is 1. The molecule has 1 aliphatic heterocycles. The minimum atomic E-state index is 0.920. The SMILES string of the molecule is CN1CCN(Cc2ccc(CNCc3ccccc3)cc2)CC1. The van der Waals surface area contributed by atoms with E-state index in [4.69, 9.17) is 0 Å². The highest BCUT2D eigenvalue weighted by atomic mass is 15.2. The molecule has 3 nitrogen and oxygen atoms in total. The molecule has 0 atom stereocenters. The van der Waals surface area contributed by atoms with Gasteiger partial charge in [-0.1, -0.05) is 54.6 Å². The molecule has 1 saturated heterocycles. The molecule has 23 heavy (non-hydrogen) atoms. The van der Waals surface area contributed by atoms with Crippen molar-refractivity contribution in [3.8, 4) is 0 Å². The van der Waals surface area contributed by atoms with Crippen LogP contribution < -0.4 is 5.32 Å². The van der Waals surface area contributed by atoms with Crippen LogP contribution in [0.15, 0.2) is 54.6 Å². The molecule has 1 aliphatic rings. The Morgan fingerprint density at radius 1 is 0.739 bits per heavy atom. The molecule has 0 unspecified atom stereocenters. The van der Waals surface area contributed by atoms with Crippen LogP contribution in [0.5, 0.6) is 0 Å². The first-order valence-corrected chi connectivity index (χ1v) is 8.53.